The molecule has 0 heterocycles. The zero-order chi connectivity index (χ0) is 15.8. The second-order valence-corrected chi connectivity index (χ2v) is 6.07. The molecule has 0 spiro atoms. The fourth-order valence-corrected chi connectivity index (χ4v) is 2.38. The predicted octanol–water partition coefficient (Wildman–Crippen LogP) is 3.25. The summed E-state index contributed by atoms with van der Waals surface area (Å²) in [5.41, 5.74) is 0.824. The zero-order valence-corrected chi connectivity index (χ0v) is 14.1. The van der Waals surface area contributed by atoms with Crippen molar-refractivity contribution in [2.24, 2.45) is 5.92 Å². The average Bonchev–Trinajstić information content (AvgIpc) is 2.37. The number of hydrogen-bond donors (Lipinski definition) is 2. The maximum atomic E-state index is 11.7. The lowest BCUT2D eigenvalue weighted by Crippen LogP contribution is -2.30. The Kier molecular flexibility index (Phi) is 7.86. The normalized spacial score (nSPS) is 10.8. The standard InChI is InChI=1S/C15H22Cl2N2O2/c1-10(2)4-5-19-14(20)9-21-15-11(8-18-3)6-12(16)7-13(15)17/h6-7,10,18H,4-5,8-9H2,1-3H3,(H,19,20). The highest BCUT2D eigenvalue weighted by Gasteiger charge is 2.12. The first kappa shape index (κ1) is 18.1. The van der Waals surface area contributed by atoms with Gasteiger partial charge in [-0.15, -0.1) is 0 Å². The van der Waals surface area contributed by atoms with Crippen molar-refractivity contribution in [2.45, 2.75) is 26.8 Å². The van der Waals surface area contributed by atoms with E-state index >= 15 is 0 Å². The van der Waals surface area contributed by atoms with Crippen molar-refractivity contribution in [3.8, 4) is 5.75 Å². The minimum Gasteiger partial charge on any atom is -0.482 e. The van der Waals surface area contributed by atoms with Crippen molar-refractivity contribution in [3.05, 3.63) is 27.7 Å². The van der Waals surface area contributed by atoms with Gasteiger partial charge in [0.05, 0.1) is 5.02 Å². The number of carbonyl (C=O) groups is 1. The van der Waals surface area contributed by atoms with Crippen LogP contribution < -0.4 is 15.4 Å². The summed E-state index contributed by atoms with van der Waals surface area (Å²) in [6.45, 7) is 5.37. The lowest BCUT2D eigenvalue weighted by molar-refractivity contribution is -0.123. The Hall–Kier alpha value is -0.970. The molecule has 0 fully saturated rings. The summed E-state index contributed by atoms with van der Waals surface area (Å²) in [5.74, 6) is 0.894. The van der Waals surface area contributed by atoms with Crippen LogP contribution in [0, 0.1) is 5.92 Å². The van der Waals surface area contributed by atoms with Crippen molar-refractivity contribution in [3.63, 3.8) is 0 Å². The van der Waals surface area contributed by atoms with Crippen molar-refractivity contribution in [2.75, 3.05) is 20.2 Å². The van der Waals surface area contributed by atoms with Gasteiger partial charge < -0.3 is 15.4 Å². The fraction of sp³-hybridized carbons (Fsp3) is 0.533. The Bertz CT molecular complexity index is 479. The molecule has 0 saturated carbocycles. The highest BCUT2D eigenvalue weighted by atomic mass is 35.5. The van der Waals surface area contributed by atoms with E-state index in [4.69, 9.17) is 27.9 Å². The molecule has 2 N–H and O–H groups in total. The first-order valence-corrected chi connectivity index (χ1v) is 7.71. The third-order valence-corrected chi connectivity index (χ3v) is 3.34. The van der Waals surface area contributed by atoms with Crippen LogP contribution in [-0.2, 0) is 11.3 Å². The smallest absolute Gasteiger partial charge is 0.257 e. The Balaban J connectivity index is 2.60. The van der Waals surface area contributed by atoms with Gasteiger partial charge in [-0.1, -0.05) is 37.0 Å². The molecule has 0 saturated heterocycles. The Labute approximate surface area is 136 Å². The first-order chi connectivity index (χ1) is 9.93. The number of carbonyl (C=O) groups excluding carboxylic acids is 1. The number of nitrogens with one attached hydrogen (secondary N) is 2. The molecule has 118 valence electrons. The Morgan fingerprint density at radius 1 is 1.33 bits per heavy atom. The molecule has 0 aliphatic rings. The van der Waals surface area contributed by atoms with E-state index in [1.54, 1.807) is 12.1 Å². The number of rotatable bonds is 8. The SMILES string of the molecule is CNCc1cc(Cl)cc(Cl)c1OCC(=O)NCCC(C)C. The highest BCUT2D eigenvalue weighted by molar-refractivity contribution is 6.35. The van der Waals surface area contributed by atoms with Crippen LogP contribution in [0.3, 0.4) is 0 Å². The number of benzene rings is 1. The van der Waals surface area contributed by atoms with Gasteiger partial charge in [0.1, 0.15) is 5.75 Å². The van der Waals surface area contributed by atoms with Crippen LogP contribution in [0.5, 0.6) is 5.75 Å². The number of hydrogen-bond acceptors (Lipinski definition) is 3. The van der Waals surface area contributed by atoms with Crippen LogP contribution in [0.1, 0.15) is 25.8 Å². The molecule has 1 aromatic carbocycles. The summed E-state index contributed by atoms with van der Waals surface area (Å²) in [6, 6.07) is 3.38. The van der Waals surface area contributed by atoms with Crippen LogP contribution in [-0.4, -0.2) is 26.1 Å². The quantitative estimate of drug-likeness (QED) is 0.768. The van der Waals surface area contributed by atoms with Gasteiger partial charge in [0.2, 0.25) is 0 Å². The Morgan fingerprint density at radius 3 is 2.67 bits per heavy atom. The van der Waals surface area contributed by atoms with E-state index in [1.165, 1.54) is 0 Å². The van der Waals surface area contributed by atoms with Gasteiger partial charge in [-0.05, 0) is 31.5 Å². The van der Waals surface area contributed by atoms with Crippen molar-refractivity contribution >= 4 is 29.1 Å². The van der Waals surface area contributed by atoms with E-state index in [9.17, 15) is 4.79 Å². The van der Waals surface area contributed by atoms with Gasteiger partial charge in [0.15, 0.2) is 6.61 Å². The molecule has 0 aromatic heterocycles. The van der Waals surface area contributed by atoms with Crippen molar-refractivity contribution in [1.82, 2.24) is 10.6 Å². The maximum absolute atomic E-state index is 11.7. The summed E-state index contributed by atoms with van der Waals surface area (Å²) >= 11 is 12.1. The Morgan fingerprint density at radius 2 is 2.05 bits per heavy atom. The first-order valence-electron chi connectivity index (χ1n) is 6.96. The van der Waals surface area contributed by atoms with Gasteiger partial charge in [0.25, 0.3) is 5.91 Å². The summed E-state index contributed by atoms with van der Waals surface area (Å²) in [5, 5.41) is 6.78. The van der Waals surface area contributed by atoms with Crippen LogP contribution in [0.4, 0.5) is 0 Å². The number of halogens is 2. The lowest BCUT2D eigenvalue weighted by atomic mass is 10.1. The van der Waals surface area contributed by atoms with Gasteiger partial charge >= 0.3 is 0 Å². The minimum absolute atomic E-state index is 0.0594. The largest absolute Gasteiger partial charge is 0.482 e. The van der Waals surface area contributed by atoms with Crippen LogP contribution in [0.2, 0.25) is 10.0 Å². The van der Waals surface area contributed by atoms with E-state index in [-0.39, 0.29) is 12.5 Å². The molecule has 0 unspecified atom stereocenters. The second kappa shape index (κ2) is 9.13. The van der Waals surface area contributed by atoms with Gasteiger partial charge in [-0.3, -0.25) is 4.79 Å². The van der Waals surface area contributed by atoms with Crippen molar-refractivity contribution < 1.29 is 9.53 Å². The molecular weight excluding hydrogens is 311 g/mol. The van der Waals surface area contributed by atoms with E-state index in [2.05, 4.69) is 24.5 Å². The summed E-state index contributed by atoms with van der Waals surface area (Å²) < 4.78 is 5.55. The molecule has 0 bridgehead atoms. The van der Waals surface area contributed by atoms with Gasteiger partial charge in [-0.2, -0.15) is 0 Å². The molecule has 4 nitrogen and oxygen atoms in total. The molecule has 1 amide bonds. The summed E-state index contributed by atoms with van der Waals surface area (Å²) in [7, 11) is 1.82. The molecule has 6 heteroatoms. The topological polar surface area (TPSA) is 50.4 Å². The van der Waals surface area contributed by atoms with E-state index in [1.807, 2.05) is 7.05 Å². The highest BCUT2D eigenvalue weighted by Crippen LogP contribution is 2.32. The fourth-order valence-electron chi connectivity index (χ4n) is 1.79. The number of amides is 1. The van der Waals surface area contributed by atoms with E-state index in [0.29, 0.717) is 34.8 Å². The summed E-state index contributed by atoms with van der Waals surface area (Å²) in [6.07, 6.45) is 0.943. The van der Waals surface area contributed by atoms with Crippen LogP contribution in [0.25, 0.3) is 0 Å². The van der Waals surface area contributed by atoms with Crippen LogP contribution >= 0.6 is 23.2 Å². The average molecular weight is 333 g/mol. The third-order valence-electron chi connectivity index (χ3n) is 2.84. The third kappa shape index (κ3) is 6.55. The molecule has 0 radical (unpaired) electrons. The zero-order valence-electron chi connectivity index (χ0n) is 12.6. The molecule has 0 aliphatic carbocycles. The summed E-state index contributed by atoms with van der Waals surface area (Å²) in [4.78, 5) is 11.7. The monoisotopic (exact) mass is 332 g/mol. The molecular formula is C15H22Cl2N2O2. The predicted molar refractivity (Wildman–Crippen MR) is 87.2 cm³/mol. The molecule has 1 rings (SSSR count). The molecule has 1 aromatic rings. The minimum atomic E-state index is -0.155. The van der Waals surface area contributed by atoms with E-state index < -0.39 is 0 Å². The molecule has 0 atom stereocenters. The van der Waals surface area contributed by atoms with Gasteiger partial charge in [0, 0.05) is 23.7 Å². The molecule has 0 aliphatic heterocycles. The van der Waals surface area contributed by atoms with E-state index in [0.717, 1.165) is 12.0 Å². The number of ether oxygens (including phenoxy) is 1. The van der Waals surface area contributed by atoms with Crippen molar-refractivity contribution in [1.29, 1.82) is 0 Å². The van der Waals surface area contributed by atoms with Crippen LogP contribution in [0.15, 0.2) is 12.1 Å². The lowest BCUT2D eigenvalue weighted by Gasteiger charge is -2.14. The molecule has 21 heavy (non-hydrogen) atoms. The van der Waals surface area contributed by atoms with Gasteiger partial charge in [-0.25, -0.2) is 0 Å². The maximum Gasteiger partial charge on any atom is 0.257 e. The second-order valence-electron chi connectivity index (χ2n) is 5.23.